The number of aliphatic hydroxyl groups is 1. The lowest BCUT2D eigenvalue weighted by molar-refractivity contribution is -0.128. The van der Waals surface area contributed by atoms with Crippen LogP contribution in [0.3, 0.4) is 0 Å². The van der Waals surface area contributed by atoms with E-state index in [0.717, 1.165) is 11.3 Å². The van der Waals surface area contributed by atoms with Crippen molar-refractivity contribution in [1.29, 1.82) is 0 Å². The number of hydrogen-bond donors (Lipinski definition) is 1. The summed E-state index contributed by atoms with van der Waals surface area (Å²) < 4.78 is 10.5. The SMILES string of the molecule is COc1ccc(CN2CC(C(C)(C)O)CC2=O)c(OC)c1. The summed E-state index contributed by atoms with van der Waals surface area (Å²) in [4.78, 5) is 13.9. The Kier molecular flexibility index (Phi) is 4.42. The van der Waals surface area contributed by atoms with E-state index >= 15 is 0 Å². The highest BCUT2D eigenvalue weighted by molar-refractivity contribution is 5.79. The van der Waals surface area contributed by atoms with Gasteiger partial charge in [-0.2, -0.15) is 0 Å². The standard InChI is InChI=1S/C16H23NO4/c1-16(2,19)12-7-15(18)17(10-12)9-11-5-6-13(20-3)8-14(11)21-4/h5-6,8,12,19H,7,9-10H2,1-4H3. The predicted molar refractivity (Wildman–Crippen MR) is 79.4 cm³/mol. The van der Waals surface area contributed by atoms with E-state index in [1.807, 2.05) is 18.2 Å². The Morgan fingerprint density at radius 3 is 2.57 bits per heavy atom. The number of methoxy groups -OCH3 is 2. The van der Waals surface area contributed by atoms with Crippen molar-refractivity contribution < 1.29 is 19.4 Å². The van der Waals surface area contributed by atoms with Crippen molar-refractivity contribution in [2.24, 2.45) is 5.92 Å². The normalized spacial score (nSPS) is 19.0. The van der Waals surface area contributed by atoms with Crippen LogP contribution in [0.2, 0.25) is 0 Å². The lowest BCUT2D eigenvalue weighted by atomic mass is 9.90. The quantitative estimate of drug-likeness (QED) is 0.899. The summed E-state index contributed by atoms with van der Waals surface area (Å²) in [7, 11) is 3.20. The summed E-state index contributed by atoms with van der Waals surface area (Å²) in [6, 6.07) is 5.57. The Morgan fingerprint density at radius 2 is 2.05 bits per heavy atom. The van der Waals surface area contributed by atoms with E-state index in [9.17, 15) is 9.90 Å². The Hall–Kier alpha value is -1.75. The molecule has 2 rings (SSSR count). The minimum Gasteiger partial charge on any atom is -0.497 e. The van der Waals surface area contributed by atoms with Gasteiger partial charge in [-0.1, -0.05) is 0 Å². The first kappa shape index (κ1) is 15.6. The molecule has 1 atom stereocenters. The molecule has 1 aromatic carbocycles. The monoisotopic (exact) mass is 293 g/mol. The smallest absolute Gasteiger partial charge is 0.223 e. The average Bonchev–Trinajstić information content (AvgIpc) is 2.80. The molecule has 5 heteroatoms. The number of likely N-dealkylation sites (tertiary alicyclic amines) is 1. The van der Waals surface area contributed by atoms with Crippen molar-refractivity contribution >= 4 is 5.91 Å². The van der Waals surface area contributed by atoms with E-state index in [1.54, 1.807) is 33.0 Å². The molecule has 1 N–H and O–H groups in total. The van der Waals surface area contributed by atoms with Crippen molar-refractivity contribution in [3.05, 3.63) is 23.8 Å². The molecule has 1 aliphatic rings. The first-order chi connectivity index (χ1) is 9.85. The first-order valence-corrected chi connectivity index (χ1v) is 7.06. The van der Waals surface area contributed by atoms with Crippen molar-refractivity contribution in [3.63, 3.8) is 0 Å². The summed E-state index contributed by atoms with van der Waals surface area (Å²) in [6.07, 6.45) is 0.391. The highest BCUT2D eigenvalue weighted by Gasteiger charge is 2.38. The molecule has 21 heavy (non-hydrogen) atoms. The Balaban J connectivity index is 2.13. The van der Waals surface area contributed by atoms with Gasteiger partial charge in [0.1, 0.15) is 11.5 Å². The number of rotatable bonds is 5. The summed E-state index contributed by atoms with van der Waals surface area (Å²) in [5.41, 5.74) is 0.0945. The van der Waals surface area contributed by atoms with Crippen LogP contribution in [0.5, 0.6) is 11.5 Å². The number of hydrogen-bond acceptors (Lipinski definition) is 4. The number of nitrogens with zero attached hydrogens (tertiary/aromatic N) is 1. The molecule has 1 fully saturated rings. The van der Waals surface area contributed by atoms with Crippen molar-refractivity contribution in [1.82, 2.24) is 4.90 Å². The largest absolute Gasteiger partial charge is 0.497 e. The fourth-order valence-corrected chi connectivity index (χ4v) is 2.59. The van der Waals surface area contributed by atoms with Gasteiger partial charge in [0.2, 0.25) is 5.91 Å². The van der Waals surface area contributed by atoms with E-state index in [0.29, 0.717) is 25.3 Å². The molecule has 116 valence electrons. The summed E-state index contributed by atoms with van der Waals surface area (Å²) >= 11 is 0. The van der Waals surface area contributed by atoms with Crippen molar-refractivity contribution in [2.45, 2.75) is 32.4 Å². The molecule has 0 bridgehead atoms. The van der Waals surface area contributed by atoms with Gasteiger partial charge in [-0.05, 0) is 26.0 Å². The molecule has 1 saturated heterocycles. The average molecular weight is 293 g/mol. The zero-order valence-corrected chi connectivity index (χ0v) is 13.0. The molecule has 1 amide bonds. The van der Waals surface area contributed by atoms with Gasteiger partial charge in [0.25, 0.3) is 0 Å². The molecule has 0 saturated carbocycles. The van der Waals surface area contributed by atoms with E-state index in [2.05, 4.69) is 0 Å². The maximum atomic E-state index is 12.1. The first-order valence-electron chi connectivity index (χ1n) is 7.06. The molecule has 1 unspecified atom stereocenters. The second-order valence-electron chi connectivity index (χ2n) is 6.01. The minimum absolute atomic E-state index is 0.0331. The maximum Gasteiger partial charge on any atom is 0.223 e. The van der Waals surface area contributed by atoms with Gasteiger partial charge in [0.15, 0.2) is 0 Å². The third-order valence-electron chi connectivity index (χ3n) is 4.07. The Morgan fingerprint density at radius 1 is 1.33 bits per heavy atom. The highest BCUT2D eigenvalue weighted by Crippen LogP contribution is 2.31. The number of benzene rings is 1. The predicted octanol–water partition coefficient (Wildman–Crippen LogP) is 1.82. The van der Waals surface area contributed by atoms with E-state index < -0.39 is 5.60 Å². The minimum atomic E-state index is -0.839. The van der Waals surface area contributed by atoms with Gasteiger partial charge in [0.05, 0.1) is 19.8 Å². The maximum absolute atomic E-state index is 12.1. The van der Waals surface area contributed by atoms with Crippen molar-refractivity contribution in [3.8, 4) is 11.5 Å². The molecule has 0 radical (unpaired) electrons. The Bertz CT molecular complexity index is 521. The van der Waals surface area contributed by atoms with E-state index in [1.165, 1.54) is 0 Å². The molecule has 0 aliphatic carbocycles. The third-order valence-corrected chi connectivity index (χ3v) is 4.07. The fraction of sp³-hybridized carbons (Fsp3) is 0.562. The van der Waals surface area contributed by atoms with Crippen LogP contribution >= 0.6 is 0 Å². The van der Waals surface area contributed by atoms with E-state index in [-0.39, 0.29) is 11.8 Å². The summed E-state index contributed by atoms with van der Waals surface area (Å²) in [5.74, 6) is 1.46. The zero-order chi connectivity index (χ0) is 15.6. The van der Waals surface area contributed by atoms with Crippen LogP contribution in [-0.4, -0.2) is 42.3 Å². The van der Waals surface area contributed by atoms with Crippen LogP contribution in [0.25, 0.3) is 0 Å². The summed E-state index contributed by atoms with van der Waals surface area (Å²) in [5, 5.41) is 10.1. The second kappa shape index (κ2) is 5.93. The lowest BCUT2D eigenvalue weighted by Crippen LogP contribution is -2.33. The Labute approximate surface area is 125 Å². The van der Waals surface area contributed by atoms with Gasteiger partial charge in [-0.25, -0.2) is 0 Å². The van der Waals surface area contributed by atoms with Crippen molar-refractivity contribution in [2.75, 3.05) is 20.8 Å². The van der Waals surface area contributed by atoms with Crippen LogP contribution in [0.15, 0.2) is 18.2 Å². The molecule has 0 aromatic heterocycles. The topological polar surface area (TPSA) is 59.0 Å². The summed E-state index contributed by atoms with van der Waals surface area (Å²) in [6.45, 7) is 4.56. The van der Waals surface area contributed by atoms with Crippen LogP contribution in [0.4, 0.5) is 0 Å². The fourth-order valence-electron chi connectivity index (χ4n) is 2.59. The highest BCUT2D eigenvalue weighted by atomic mass is 16.5. The molecule has 1 aromatic rings. The lowest BCUT2D eigenvalue weighted by Gasteiger charge is -2.25. The van der Waals surface area contributed by atoms with E-state index in [4.69, 9.17) is 9.47 Å². The van der Waals surface area contributed by atoms with Crippen LogP contribution in [0, 0.1) is 5.92 Å². The molecular formula is C16H23NO4. The number of ether oxygens (including phenoxy) is 2. The van der Waals surface area contributed by atoms with Gasteiger partial charge < -0.3 is 19.5 Å². The van der Waals surface area contributed by atoms with Crippen LogP contribution in [0.1, 0.15) is 25.8 Å². The molecule has 1 aliphatic heterocycles. The van der Waals surface area contributed by atoms with Crippen LogP contribution < -0.4 is 9.47 Å². The van der Waals surface area contributed by atoms with Crippen LogP contribution in [-0.2, 0) is 11.3 Å². The molecule has 5 nitrogen and oxygen atoms in total. The van der Waals surface area contributed by atoms with Gasteiger partial charge in [-0.15, -0.1) is 0 Å². The second-order valence-corrected chi connectivity index (χ2v) is 6.01. The van der Waals surface area contributed by atoms with Gasteiger partial charge in [0, 0.05) is 37.1 Å². The molecule has 1 heterocycles. The molecule has 0 spiro atoms. The molecular weight excluding hydrogens is 270 g/mol. The third kappa shape index (κ3) is 3.47. The number of carbonyl (C=O) groups is 1. The van der Waals surface area contributed by atoms with Gasteiger partial charge >= 0.3 is 0 Å². The number of carbonyl (C=O) groups excluding carboxylic acids is 1. The van der Waals surface area contributed by atoms with Gasteiger partial charge in [-0.3, -0.25) is 4.79 Å². The zero-order valence-electron chi connectivity index (χ0n) is 13.0. The number of amides is 1.